The highest BCUT2D eigenvalue weighted by molar-refractivity contribution is 9.10. The molecule has 31 heavy (non-hydrogen) atoms. The molecule has 2 aromatic carbocycles. The third kappa shape index (κ3) is 4.43. The molecule has 0 N–H and O–H groups in total. The van der Waals surface area contributed by atoms with Crippen molar-refractivity contribution in [3.8, 4) is 0 Å². The molecule has 166 valence electrons. The Labute approximate surface area is 195 Å². The molecule has 2 aromatic rings. The van der Waals surface area contributed by atoms with E-state index in [9.17, 15) is 22.0 Å². The number of anilines is 1. The van der Waals surface area contributed by atoms with Crippen LogP contribution in [0.5, 0.6) is 0 Å². The second-order valence-corrected chi connectivity index (χ2v) is 11.0. The summed E-state index contributed by atoms with van der Waals surface area (Å²) in [5, 5.41) is 0. The molecule has 11 heteroatoms. The average molecular weight is 580 g/mol. The quantitative estimate of drug-likeness (QED) is 0.511. The first-order chi connectivity index (χ1) is 14.7. The van der Waals surface area contributed by atoms with Crippen molar-refractivity contribution in [1.82, 2.24) is 4.31 Å². The molecule has 0 radical (unpaired) electrons. The summed E-state index contributed by atoms with van der Waals surface area (Å²) in [6.07, 6.45) is 0.759. The maximum absolute atomic E-state index is 14.2. The molecule has 0 unspecified atom stereocenters. The van der Waals surface area contributed by atoms with Crippen molar-refractivity contribution in [3.05, 3.63) is 56.5 Å². The van der Waals surface area contributed by atoms with Crippen LogP contribution in [0.2, 0.25) is 0 Å². The summed E-state index contributed by atoms with van der Waals surface area (Å²) in [5.41, 5.74) is 1.62. The van der Waals surface area contributed by atoms with Gasteiger partial charge in [-0.1, -0.05) is 15.9 Å². The van der Waals surface area contributed by atoms with Crippen molar-refractivity contribution in [3.63, 3.8) is 0 Å². The van der Waals surface area contributed by atoms with E-state index in [2.05, 4.69) is 31.9 Å². The van der Waals surface area contributed by atoms with Gasteiger partial charge in [0.25, 0.3) is 5.91 Å². The molecule has 0 saturated carbocycles. The van der Waals surface area contributed by atoms with Crippen LogP contribution in [0.25, 0.3) is 0 Å². The van der Waals surface area contributed by atoms with Gasteiger partial charge in [0.2, 0.25) is 10.0 Å². The van der Waals surface area contributed by atoms with E-state index in [1.54, 1.807) is 4.90 Å². The first-order valence-corrected chi connectivity index (χ1v) is 12.5. The Bertz CT molecular complexity index is 1140. The molecule has 0 atom stereocenters. The number of halogens is 4. The Morgan fingerprint density at radius 3 is 2.42 bits per heavy atom. The second kappa shape index (κ2) is 8.86. The van der Waals surface area contributed by atoms with E-state index in [0.29, 0.717) is 25.5 Å². The third-order valence-corrected chi connectivity index (χ3v) is 8.45. The highest BCUT2D eigenvalue weighted by Gasteiger charge is 2.36. The number of sulfonamides is 1. The normalized spacial score (nSPS) is 18.7. The zero-order chi connectivity index (χ0) is 22.3. The van der Waals surface area contributed by atoms with Crippen molar-refractivity contribution in [2.75, 3.05) is 24.6 Å². The minimum Gasteiger partial charge on any atom is -0.367 e. The molecule has 4 rings (SSSR count). The van der Waals surface area contributed by atoms with E-state index in [-0.39, 0.29) is 36.1 Å². The molecular weight excluding hydrogens is 562 g/mol. The van der Waals surface area contributed by atoms with Gasteiger partial charge >= 0.3 is 0 Å². The van der Waals surface area contributed by atoms with Gasteiger partial charge in [0.1, 0.15) is 23.1 Å². The summed E-state index contributed by atoms with van der Waals surface area (Å²) < 4.78 is 61.0. The molecule has 0 spiro atoms. The van der Waals surface area contributed by atoms with Gasteiger partial charge in [-0.2, -0.15) is 4.31 Å². The minimum atomic E-state index is -4.15. The maximum Gasteiger partial charge on any atom is 0.253 e. The molecule has 1 amide bonds. The topological polar surface area (TPSA) is 66.9 Å². The number of fused-ring (bicyclic) bond motifs is 1. The fourth-order valence-electron chi connectivity index (χ4n) is 3.94. The number of carbonyl (C=O) groups is 1. The number of piperidine rings is 1. The fraction of sp³-hybridized carbons (Fsp3) is 0.350. The van der Waals surface area contributed by atoms with E-state index >= 15 is 0 Å². The van der Waals surface area contributed by atoms with E-state index < -0.39 is 26.6 Å². The van der Waals surface area contributed by atoms with Crippen LogP contribution < -0.4 is 4.90 Å². The van der Waals surface area contributed by atoms with E-state index in [1.807, 2.05) is 18.2 Å². The van der Waals surface area contributed by atoms with Gasteiger partial charge in [-0.3, -0.25) is 4.79 Å². The Morgan fingerprint density at radius 1 is 1.00 bits per heavy atom. The van der Waals surface area contributed by atoms with Crippen LogP contribution in [0, 0.1) is 11.6 Å². The number of carbonyl (C=O) groups excluding carboxylic acids is 1. The Kier molecular flexibility index (Phi) is 6.51. The molecule has 6 nitrogen and oxygen atoms in total. The van der Waals surface area contributed by atoms with Crippen molar-refractivity contribution in [2.24, 2.45) is 0 Å². The van der Waals surface area contributed by atoms with Crippen LogP contribution >= 0.6 is 31.9 Å². The van der Waals surface area contributed by atoms with Crippen molar-refractivity contribution in [1.29, 1.82) is 0 Å². The number of hydrogen-bond acceptors (Lipinski definition) is 4. The van der Waals surface area contributed by atoms with Gasteiger partial charge in [0.15, 0.2) is 0 Å². The molecular formula is C20H18Br2F2N2O4S. The number of ether oxygens (including phenoxy) is 1. The predicted molar refractivity (Wildman–Crippen MR) is 117 cm³/mol. The highest BCUT2D eigenvalue weighted by atomic mass is 79.9. The summed E-state index contributed by atoms with van der Waals surface area (Å²) in [7, 11) is -4.15. The van der Waals surface area contributed by atoms with Gasteiger partial charge in [-0.25, -0.2) is 17.2 Å². The number of hydrogen-bond donors (Lipinski definition) is 0. The first kappa shape index (κ1) is 22.8. The predicted octanol–water partition coefficient (Wildman–Crippen LogP) is 4.21. The average Bonchev–Trinajstić information content (AvgIpc) is 2.88. The van der Waals surface area contributed by atoms with Crippen molar-refractivity contribution < 1.29 is 26.7 Å². The maximum atomic E-state index is 14.2. The Hall–Kier alpha value is -1.40. The van der Waals surface area contributed by atoms with Crippen molar-refractivity contribution >= 4 is 53.5 Å². The summed E-state index contributed by atoms with van der Waals surface area (Å²) in [5.74, 6) is -2.19. The molecule has 1 saturated heterocycles. The molecule has 0 bridgehead atoms. The van der Waals surface area contributed by atoms with Gasteiger partial charge in [-0.15, -0.1) is 0 Å². The number of nitrogens with zero attached hydrogens (tertiary/aromatic N) is 2. The standard InChI is InChI=1S/C20H18Br2F2N2O4S/c21-13-1-2-18-12(7-13)10-30-11-20(27)26(18)14-3-5-25(6-4-14)31(28,29)19-8-15(22)16(23)9-17(19)24/h1-2,7-9,14H,3-6,10-11H2. The lowest BCUT2D eigenvalue weighted by atomic mass is 10.0. The van der Waals surface area contributed by atoms with E-state index in [4.69, 9.17) is 4.74 Å². The van der Waals surface area contributed by atoms with Crippen molar-refractivity contribution in [2.45, 2.75) is 30.4 Å². The van der Waals surface area contributed by atoms with E-state index in [0.717, 1.165) is 21.8 Å². The lowest BCUT2D eigenvalue weighted by molar-refractivity contribution is -0.123. The van der Waals surface area contributed by atoms with Crippen LogP contribution in [0.3, 0.4) is 0 Å². The smallest absolute Gasteiger partial charge is 0.253 e. The fourth-order valence-corrected chi connectivity index (χ4v) is 6.38. The van der Waals surface area contributed by atoms with Crippen LogP contribution in [-0.2, 0) is 26.2 Å². The van der Waals surface area contributed by atoms with Crippen LogP contribution in [0.4, 0.5) is 14.5 Å². The SMILES string of the molecule is O=C1COCc2cc(Br)ccc2N1C1CCN(S(=O)(=O)c2cc(Br)c(F)cc2F)CC1. The first-order valence-electron chi connectivity index (χ1n) is 9.51. The molecule has 0 aromatic heterocycles. The summed E-state index contributed by atoms with van der Waals surface area (Å²) >= 11 is 6.33. The second-order valence-electron chi connectivity index (χ2n) is 7.36. The van der Waals surface area contributed by atoms with Crippen LogP contribution in [-0.4, -0.2) is 44.4 Å². The molecule has 0 aliphatic carbocycles. The highest BCUT2D eigenvalue weighted by Crippen LogP contribution is 2.33. The van der Waals surface area contributed by atoms with Crippen LogP contribution in [0.15, 0.2) is 44.2 Å². The molecule has 2 aliphatic rings. The number of rotatable bonds is 3. The third-order valence-electron chi connectivity index (χ3n) is 5.43. The zero-order valence-electron chi connectivity index (χ0n) is 16.2. The van der Waals surface area contributed by atoms with Gasteiger partial charge in [-0.05, 0) is 53.0 Å². The molecule has 2 heterocycles. The zero-order valence-corrected chi connectivity index (χ0v) is 20.1. The van der Waals surface area contributed by atoms with Crippen LogP contribution in [0.1, 0.15) is 18.4 Å². The molecule has 1 fully saturated rings. The number of amides is 1. The van der Waals surface area contributed by atoms with Gasteiger partial charge in [0, 0.05) is 40.9 Å². The summed E-state index contributed by atoms with van der Waals surface area (Å²) in [6.45, 7) is 0.471. The van der Waals surface area contributed by atoms with Gasteiger partial charge in [0.05, 0.1) is 11.1 Å². The largest absolute Gasteiger partial charge is 0.367 e. The van der Waals surface area contributed by atoms with Gasteiger partial charge < -0.3 is 9.64 Å². The lowest BCUT2D eigenvalue weighted by Gasteiger charge is -2.38. The summed E-state index contributed by atoms with van der Waals surface area (Å²) in [6, 6.07) is 6.87. The lowest BCUT2D eigenvalue weighted by Crippen LogP contribution is -2.49. The monoisotopic (exact) mass is 578 g/mol. The Balaban J connectivity index is 1.56. The van der Waals surface area contributed by atoms with E-state index in [1.165, 1.54) is 4.31 Å². The molecule has 2 aliphatic heterocycles. The minimum absolute atomic E-state index is 0.0559. The Morgan fingerprint density at radius 2 is 1.71 bits per heavy atom. The number of benzene rings is 2. The summed E-state index contributed by atoms with van der Waals surface area (Å²) in [4.78, 5) is 13.9.